The van der Waals surface area contributed by atoms with Crippen LogP contribution in [0, 0.1) is 6.92 Å². The van der Waals surface area contributed by atoms with Gasteiger partial charge in [-0.1, -0.05) is 12.1 Å². The molecule has 6 rings (SSSR count). The number of piperidine rings is 1. The molecule has 1 aliphatic rings. The number of nitrogens with zero attached hydrogens (tertiary/aromatic N) is 7. The molecule has 9 nitrogen and oxygen atoms in total. The van der Waals surface area contributed by atoms with Crippen molar-refractivity contribution >= 4 is 16.9 Å². The number of fused-ring (bicyclic) bond motifs is 1. The smallest absolute Gasteiger partial charge is 0.257 e. The molecule has 1 fully saturated rings. The van der Waals surface area contributed by atoms with Crippen LogP contribution in [0.2, 0.25) is 0 Å². The summed E-state index contributed by atoms with van der Waals surface area (Å²) in [5.74, 6) is 3.56. The van der Waals surface area contributed by atoms with E-state index in [0.29, 0.717) is 11.7 Å². The first-order chi connectivity index (χ1) is 17.7. The molecule has 0 aliphatic carbocycles. The van der Waals surface area contributed by atoms with Gasteiger partial charge in [-0.3, -0.25) is 0 Å². The number of benzene rings is 1. The molecular weight excluding hydrogens is 454 g/mol. The second kappa shape index (κ2) is 9.41. The van der Waals surface area contributed by atoms with E-state index in [1.54, 1.807) is 6.20 Å². The number of rotatable bonds is 6. The first-order valence-electron chi connectivity index (χ1n) is 12.3. The normalized spacial score (nSPS) is 14.4. The van der Waals surface area contributed by atoms with E-state index in [1.165, 1.54) is 0 Å². The van der Waals surface area contributed by atoms with E-state index in [4.69, 9.17) is 9.26 Å². The molecule has 0 N–H and O–H groups in total. The van der Waals surface area contributed by atoms with Crippen molar-refractivity contribution in [3.8, 4) is 23.0 Å². The van der Waals surface area contributed by atoms with Gasteiger partial charge in [-0.25, -0.2) is 15.0 Å². The van der Waals surface area contributed by atoms with Gasteiger partial charge in [-0.15, -0.1) is 0 Å². The van der Waals surface area contributed by atoms with Gasteiger partial charge in [0.1, 0.15) is 17.7 Å². The van der Waals surface area contributed by atoms with Crippen LogP contribution < -0.4 is 9.64 Å². The maximum absolute atomic E-state index is 6.24. The molecule has 0 amide bonds. The number of pyridine rings is 1. The van der Waals surface area contributed by atoms with Crippen LogP contribution in [0.4, 0.5) is 5.95 Å². The van der Waals surface area contributed by atoms with Crippen molar-refractivity contribution in [1.29, 1.82) is 0 Å². The highest BCUT2D eigenvalue weighted by molar-refractivity contribution is 5.85. The van der Waals surface area contributed by atoms with Gasteiger partial charge in [-0.2, -0.15) is 4.98 Å². The first-order valence-corrected chi connectivity index (χ1v) is 12.3. The first kappa shape index (κ1) is 22.2. The fraction of sp³-hybridized carbons (Fsp3) is 0.296. The lowest BCUT2D eigenvalue weighted by molar-refractivity contribution is 0.170. The minimum atomic E-state index is 0.156. The maximum Gasteiger partial charge on any atom is 0.257 e. The number of anilines is 1. The van der Waals surface area contributed by atoms with Crippen LogP contribution in [0.1, 0.15) is 31.2 Å². The molecule has 0 bridgehead atoms. The van der Waals surface area contributed by atoms with Gasteiger partial charge < -0.3 is 18.7 Å². The molecule has 1 aliphatic heterocycles. The molecule has 0 spiro atoms. The quantitative estimate of drug-likeness (QED) is 0.342. The highest BCUT2D eigenvalue weighted by Crippen LogP contribution is 2.27. The number of aryl methyl sites for hydroxylation is 2. The monoisotopic (exact) mass is 481 g/mol. The highest BCUT2D eigenvalue weighted by atomic mass is 16.5. The zero-order valence-electron chi connectivity index (χ0n) is 20.3. The third-order valence-corrected chi connectivity index (χ3v) is 6.56. The van der Waals surface area contributed by atoms with Gasteiger partial charge in [0.15, 0.2) is 5.82 Å². The second-order valence-electron chi connectivity index (χ2n) is 9.01. The Bertz CT molecular complexity index is 1470. The molecule has 36 heavy (non-hydrogen) atoms. The summed E-state index contributed by atoms with van der Waals surface area (Å²) in [5.41, 5.74) is 3.11. The summed E-state index contributed by atoms with van der Waals surface area (Å²) in [5, 5.41) is 4.95. The van der Waals surface area contributed by atoms with E-state index in [0.717, 1.165) is 71.9 Å². The van der Waals surface area contributed by atoms with Crippen LogP contribution >= 0.6 is 0 Å². The van der Waals surface area contributed by atoms with Crippen molar-refractivity contribution < 1.29 is 9.26 Å². The molecule has 0 radical (unpaired) electrons. The van der Waals surface area contributed by atoms with E-state index in [1.807, 2.05) is 55.8 Å². The zero-order chi connectivity index (χ0) is 24.5. The van der Waals surface area contributed by atoms with Crippen molar-refractivity contribution in [2.45, 2.75) is 39.2 Å². The van der Waals surface area contributed by atoms with E-state index in [-0.39, 0.29) is 6.10 Å². The Morgan fingerprint density at radius 2 is 1.83 bits per heavy atom. The Hall–Kier alpha value is -4.27. The van der Waals surface area contributed by atoms with Crippen molar-refractivity contribution in [1.82, 2.24) is 29.7 Å². The van der Waals surface area contributed by atoms with E-state index in [9.17, 15) is 0 Å². The molecule has 182 valence electrons. The Balaban J connectivity index is 1.10. The fourth-order valence-electron chi connectivity index (χ4n) is 4.53. The summed E-state index contributed by atoms with van der Waals surface area (Å²) >= 11 is 0. The van der Waals surface area contributed by atoms with E-state index in [2.05, 4.69) is 47.5 Å². The Labute approximate surface area is 208 Å². The average molecular weight is 482 g/mol. The van der Waals surface area contributed by atoms with Crippen LogP contribution in [0.5, 0.6) is 5.75 Å². The van der Waals surface area contributed by atoms with Gasteiger partial charge in [0.05, 0.1) is 11.7 Å². The third kappa shape index (κ3) is 4.39. The fourth-order valence-corrected chi connectivity index (χ4v) is 4.53. The molecule has 0 atom stereocenters. The molecule has 5 heterocycles. The predicted octanol–water partition coefficient (Wildman–Crippen LogP) is 4.78. The second-order valence-corrected chi connectivity index (χ2v) is 9.01. The van der Waals surface area contributed by atoms with Crippen LogP contribution in [0.3, 0.4) is 0 Å². The summed E-state index contributed by atoms with van der Waals surface area (Å²) < 4.78 is 13.6. The standard InChI is InChI=1S/C27H27N7O2/c1-3-19-15-29-27(30-16-19)33-11-9-22(10-12-33)35-23-5-7-25(28-17-23)34-13-8-20-14-21(4-6-24(20)34)26-31-18(2)32-36-26/h4-8,13-17,22H,3,9-12H2,1-2H3. The van der Waals surface area contributed by atoms with Crippen molar-refractivity contribution in [2.75, 3.05) is 18.0 Å². The molecule has 9 heteroatoms. The van der Waals surface area contributed by atoms with Crippen LogP contribution in [0.15, 0.2) is 65.7 Å². The summed E-state index contributed by atoms with van der Waals surface area (Å²) in [6.07, 6.45) is 10.6. The molecule has 5 aromatic rings. The minimum Gasteiger partial charge on any atom is -0.489 e. The topological polar surface area (TPSA) is 95.0 Å². The Morgan fingerprint density at radius 3 is 2.53 bits per heavy atom. The number of aromatic nitrogens is 6. The highest BCUT2D eigenvalue weighted by Gasteiger charge is 2.22. The van der Waals surface area contributed by atoms with Crippen molar-refractivity contribution in [2.24, 2.45) is 0 Å². The lowest BCUT2D eigenvalue weighted by atomic mass is 10.1. The van der Waals surface area contributed by atoms with Crippen LogP contribution in [-0.4, -0.2) is 48.9 Å². The van der Waals surface area contributed by atoms with E-state index >= 15 is 0 Å². The number of ether oxygens (including phenoxy) is 1. The third-order valence-electron chi connectivity index (χ3n) is 6.56. The summed E-state index contributed by atoms with van der Waals surface area (Å²) in [6.45, 7) is 5.67. The molecule has 4 aromatic heterocycles. The van der Waals surface area contributed by atoms with Gasteiger partial charge >= 0.3 is 0 Å². The van der Waals surface area contributed by atoms with Crippen molar-refractivity contribution in [3.63, 3.8) is 0 Å². The lowest BCUT2D eigenvalue weighted by Crippen LogP contribution is -2.39. The van der Waals surface area contributed by atoms with Crippen LogP contribution in [0.25, 0.3) is 28.2 Å². The van der Waals surface area contributed by atoms with Crippen LogP contribution in [-0.2, 0) is 6.42 Å². The Kier molecular flexibility index (Phi) is 5.80. The van der Waals surface area contributed by atoms with E-state index < -0.39 is 0 Å². The molecule has 0 saturated carbocycles. The molecule has 1 saturated heterocycles. The Morgan fingerprint density at radius 1 is 1.00 bits per heavy atom. The van der Waals surface area contributed by atoms with Gasteiger partial charge in [0, 0.05) is 55.5 Å². The van der Waals surface area contributed by atoms with Gasteiger partial charge in [0.25, 0.3) is 5.89 Å². The SMILES string of the molecule is CCc1cnc(N2CCC(Oc3ccc(-n4ccc5cc(-c6nc(C)no6)ccc54)nc3)CC2)nc1. The summed E-state index contributed by atoms with van der Waals surface area (Å²) in [6, 6.07) is 12.1. The maximum atomic E-state index is 6.24. The lowest BCUT2D eigenvalue weighted by Gasteiger charge is -2.32. The average Bonchev–Trinajstić information content (AvgIpc) is 3.55. The predicted molar refractivity (Wildman–Crippen MR) is 136 cm³/mol. The van der Waals surface area contributed by atoms with Gasteiger partial charge in [-0.05, 0) is 55.3 Å². The largest absolute Gasteiger partial charge is 0.489 e. The minimum absolute atomic E-state index is 0.156. The van der Waals surface area contributed by atoms with Gasteiger partial charge in [0.2, 0.25) is 5.95 Å². The summed E-state index contributed by atoms with van der Waals surface area (Å²) in [7, 11) is 0. The summed E-state index contributed by atoms with van der Waals surface area (Å²) in [4.78, 5) is 20.2. The molecule has 1 aromatic carbocycles. The molecular formula is C27H27N7O2. The molecule has 0 unspecified atom stereocenters. The number of hydrogen-bond acceptors (Lipinski definition) is 8. The number of hydrogen-bond donors (Lipinski definition) is 0. The zero-order valence-corrected chi connectivity index (χ0v) is 20.3. The van der Waals surface area contributed by atoms with Crippen molar-refractivity contribution in [3.05, 3.63) is 72.6 Å².